The number of rotatable bonds is 6. The Labute approximate surface area is 177 Å². The average Bonchev–Trinajstić information content (AvgIpc) is 2.80. The summed E-state index contributed by atoms with van der Waals surface area (Å²) in [7, 11) is 1.69. The fraction of sp³-hybridized carbons (Fsp3) is 0.240. The van der Waals surface area contributed by atoms with E-state index in [4.69, 9.17) is 14.2 Å². The van der Waals surface area contributed by atoms with E-state index in [0.717, 1.165) is 66.1 Å². The number of aliphatic imine (C=N–C) groups is 1. The minimum Gasteiger partial charge on any atom is -0.496 e. The highest BCUT2D eigenvalue weighted by atomic mass is 16.5. The molecule has 0 saturated carbocycles. The molecule has 0 unspecified atom stereocenters. The van der Waals surface area contributed by atoms with Crippen molar-refractivity contribution in [3.8, 4) is 17.2 Å². The number of nitrogens with zero attached hydrogens (tertiary/aromatic N) is 2. The van der Waals surface area contributed by atoms with Gasteiger partial charge in [0.25, 0.3) is 0 Å². The number of anilines is 1. The van der Waals surface area contributed by atoms with Gasteiger partial charge in [-0.2, -0.15) is 0 Å². The molecular weight excluding hydrogens is 376 g/mol. The molecule has 0 amide bonds. The number of hydrogen-bond acceptors (Lipinski definition) is 5. The van der Waals surface area contributed by atoms with Crippen molar-refractivity contribution in [3.05, 3.63) is 77.9 Å². The van der Waals surface area contributed by atoms with Gasteiger partial charge in [0.2, 0.25) is 0 Å². The second kappa shape index (κ2) is 9.46. The zero-order valence-electron chi connectivity index (χ0n) is 17.4. The van der Waals surface area contributed by atoms with Crippen molar-refractivity contribution < 1.29 is 14.2 Å². The van der Waals surface area contributed by atoms with Gasteiger partial charge in [-0.25, -0.2) is 0 Å². The van der Waals surface area contributed by atoms with E-state index in [9.17, 15) is 0 Å². The first-order chi connectivity index (χ1) is 14.7. The minimum atomic E-state index is 0.759. The predicted octanol–water partition coefficient (Wildman–Crippen LogP) is 5.38. The van der Waals surface area contributed by atoms with Crippen molar-refractivity contribution in [2.24, 2.45) is 4.99 Å². The summed E-state index contributed by atoms with van der Waals surface area (Å²) < 4.78 is 17.0. The number of methoxy groups -OCH3 is 1. The Morgan fingerprint density at radius 2 is 1.70 bits per heavy atom. The molecule has 5 nitrogen and oxygen atoms in total. The summed E-state index contributed by atoms with van der Waals surface area (Å²) in [5.41, 5.74) is 4.04. The van der Waals surface area contributed by atoms with Gasteiger partial charge in [0.15, 0.2) is 0 Å². The molecule has 154 valence electrons. The molecule has 0 aliphatic carbocycles. The van der Waals surface area contributed by atoms with E-state index in [1.54, 1.807) is 7.11 Å². The second-order valence-electron chi connectivity index (χ2n) is 7.15. The summed E-state index contributed by atoms with van der Waals surface area (Å²) in [6.45, 7) is 5.34. The summed E-state index contributed by atoms with van der Waals surface area (Å²) in [4.78, 5) is 6.90. The molecule has 4 rings (SSSR count). The summed E-state index contributed by atoms with van der Waals surface area (Å²) in [6, 6.07) is 21.9. The van der Waals surface area contributed by atoms with Crippen molar-refractivity contribution in [2.75, 3.05) is 38.3 Å². The Balaban J connectivity index is 1.46. The monoisotopic (exact) mass is 402 g/mol. The van der Waals surface area contributed by atoms with Gasteiger partial charge in [-0.3, -0.25) is 4.99 Å². The van der Waals surface area contributed by atoms with E-state index in [0.29, 0.717) is 0 Å². The molecule has 1 fully saturated rings. The summed E-state index contributed by atoms with van der Waals surface area (Å²) in [5, 5.41) is 0. The van der Waals surface area contributed by atoms with Crippen LogP contribution in [0.1, 0.15) is 11.1 Å². The van der Waals surface area contributed by atoms with Crippen LogP contribution in [-0.2, 0) is 4.74 Å². The number of para-hydroxylation sites is 1. The van der Waals surface area contributed by atoms with E-state index in [2.05, 4.69) is 22.0 Å². The smallest absolute Gasteiger partial charge is 0.130 e. The van der Waals surface area contributed by atoms with Crippen LogP contribution in [0.15, 0.2) is 71.7 Å². The topological polar surface area (TPSA) is 43.3 Å². The van der Waals surface area contributed by atoms with E-state index < -0.39 is 0 Å². The number of benzene rings is 3. The first kappa shape index (κ1) is 20.0. The van der Waals surface area contributed by atoms with Crippen molar-refractivity contribution >= 4 is 17.6 Å². The van der Waals surface area contributed by atoms with Gasteiger partial charge in [-0.1, -0.05) is 18.2 Å². The molecule has 1 saturated heterocycles. The molecule has 0 bridgehead atoms. The molecule has 5 heteroatoms. The zero-order chi connectivity index (χ0) is 20.8. The molecular formula is C25H26N2O3. The normalized spacial score (nSPS) is 14.1. The Morgan fingerprint density at radius 3 is 2.43 bits per heavy atom. The maximum Gasteiger partial charge on any atom is 0.130 e. The average molecular weight is 402 g/mol. The maximum absolute atomic E-state index is 5.95. The molecule has 30 heavy (non-hydrogen) atoms. The quantitative estimate of drug-likeness (QED) is 0.519. The summed E-state index contributed by atoms with van der Waals surface area (Å²) >= 11 is 0. The molecule has 0 atom stereocenters. The third-order valence-corrected chi connectivity index (χ3v) is 5.10. The fourth-order valence-corrected chi connectivity index (χ4v) is 3.37. The largest absolute Gasteiger partial charge is 0.496 e. The Morgan fingerprint density at radius 1 is 0.933 bits per heavy atom. The van der Waals surface area contributed by atoms with Crippen molar-refractivity contribution in [1.29, 1.82) is 0 Å². The molecule has 3 aromatic carbocycles. The summed E-state index contributed by atoms with van der Waals surface area (Å²) in [6.07, 6.45) is 1.83. The van der Waals surface area contributed by atoms with Gasteiger partial charge in [-0.15, -0.1) is 0 Å². The van der Waals surface area contributed by atoms with E-state index >= 15 is 0 Å². The number of hydrogen-bond donors (Lipinski definition) is 0. The van der Waals surface area contributed by atoms with Crippen LogP contribution in [0.2, 0.25) is 0 Å². The molecule has 1 heterocycles. The zero-order valence-corrected chi connectivity index (χ0v) is 17.4. The lowest BCUT2D eigenvalue weighted by molar-refractivity contribution is 0.122. The highest BCUT2D eigenvalue weighted by Crippen LogP contribution is 2.28. The van der Waals surface area contributed by atoms with Crippen LogP contribution < -0.4 is 14.4 Å². The van der Waals surface area contributed by atoms with Crippen molar-refractivity contribution in [1.82, 2.24) is 0 Å². The molecule has 0 N–H and O–H groups in total. The highest BCUT2D eigenvalue weighted by Gasteiger charge is 2.13. The molecule has 0 aromatic heterocycles. The van der Waals surface area contributed by atoms with Gasteiger partial charge in [0.05, 0.1) is 26.0 Å². The Bertz CT molecular complexity index is 1010. The van der Waals surface area contributed by atoms with E-state index in [1.807, 2.05) is 67.7 Å². The molecule has 0 spiro atoms. The maximum atomic E-state index is 5.95. The lowest BCUT2D eigenvalue weighted by Gasteiger charge is -2.29. The van der Waals surface area contributed by atoms with Crippen LogP contribution in [0.3, 0.4) is 0 Å². The molecule has 3 aromatic rings. The lowest BCUT2D eigenvalue weighted by Crippen LogP contribution is -2.36. The van der Waals surface area contributed by atoms with Gasteiger partial charge in [-0.05, 0) is 55.0 Å². The molecule has 0 radical (unpaired) electrons. The Hall–Kier alpha value is -3.31. The van der Waals surface area contributed by atoms with Crippen LogP contribution >= 0.6 is 0 Å². The SMILES string of the molecule is COc1cc(N2CCOCC2)ccc1C=Nc1ccc(Oc2ccccc2C)cc1. The van der Waals surface area contributed by atoms with Crippen molar-refractivity contribution in [2.45, 2.75) is 6.92 Å². The third kappa shape index (κ3) is 4.81. The highest BCUT2D eigenvalue weighted by molar-refractivity contribution is 5.86. The number of ether oxygens (including phenoxy) is 3. The van der Waals surface area contributed by atoms with E-state index in [-0.39, 0.29) is 0 Å². The van der Waals surface area contributed by atoms with Crippen LogP contribution in [0.4, 0.5) is 11.4 Å². The fourth-order valence-electron chi connectivity index (χ4n) is 3.37. The van der Waals surface area contributed by atoms with Crippen LogP contribution in [-0.4, -0.2) is 39.6 Å². The van der Waals surface area contributed by atoms with Gasteiger partial charge < -0.3 is 19.1 Å². The van der Waals surface area contributed by atoms with E-state index in [1.165, 1.54) is 0 Å². The Kier molecular flexibility index (Phi) is 6.30. The van der Waals surface area contributed by atoms with Gasteiger partial charge in [0, 0.05) is 36.6 Å². The lowest BCUT2D eigenvalue weighted by atomic mass is 10.1. The summed E-state index contributed by atoms with van der Waals surface area (Å²) in [5.74, 6) is 2.46. The van der Waals surface area contributed by atoms with Crippen LogP contribution in [0, 0.1) is 6.92 Å². The first-order valence-corrected chi connectivity index (χ1v) is 10.1. The van der Waals surface area contributed by atoms with Crippen molar-refractivity contribution in [3.63, 3.8) is 0 Å². The number of aryl methyl sites for hydroxylation is 1. The second-order valence-corrected chi connectivity index (χ2v) is 7.15. The third-order valence-electron chi connectivity index (χ3n) is 5.10. The number of morpholine rings is 1. The first-order valence-electron chi connectivity index (χ1n) is 10.1. The molecule has 1 aliphatic heterocycles. The minimum absolute atomic E-state index is 0.759. The van der Waals surface area contributed by atoms with Gasteiger partial charge >= 0.3 is 0 Å². The molecule has 1 aliphatic rings. The standard InChI is InChI=1S/C25H26N2O3/c1-19-5-3-4-6-24(19)30-23-11-8-21(9-12-23)26-18-20-7-10-22(17-25(20)28-2)27-13-15-29-16-14-27/h3-12,17-18H,13-16H2,1-2H3. The van der Waals surface area contributed by atoms with Crippen LogP contribution in [0.25, 0.3) is 0 Å². The van der Waals surface area contributed by atoms with Gasteiger partial charge in [0.1, 0.15) is 17.2 Å². The van der Waals surface area contributed by atoms with Crippen LogP contribution in [0.5, 0.6) is 17.2 Å². The predicted molar refractivity (Wildman–Crippen MR) is 121 cm³/mol.